The fourth-order valence-corrected chi connectivity index (χ4v) is 2.67. The van der Waals surface area contributed by atoms with E-state index in [4.69, 9.17) is 0 Å². The SMILES string of the molecule is [CH2]c1ccc(-c2ccc(CCCCCCCC)cc2)cc1. The molecule has 0 N–H and O–H groups in total. The first-order chi connectivity index (χ1) is 10.3. The summed E-state index contributed by atoms with van der Waals surface area (Å²) in [4.78, 5) is 0. The second-order valence-electron chi connectivity index (χ2n) is 5.91. The number of unbranched alkanes of at least 4 members (excludes halogenated alkanes) is 5. The number of hydrogen-bond donors (Lipinski definition) is 0. The molecule has 0 unspecified atom stereocenters. The van der Waals surface area contributed by atoms with Crippen molar-refractivity contribution in [3.8, 4) is 11.1 Å². The Labute approximate surface area is 130 Å². The molecular weight excluding hydrogens is 252 g/mol. The van der Waals surface area contributed by atoms with Crippen molar-refractivity contribution < 1.29 is 0 Å². The van der Waals surface area contributed by atoms with E-state index in [0.717, 1.165) is 5.56 Å². The van der Waals surface area contributed by atoms with E-state index in [1.165, 1.54) is 61.6 Å². The maximum absolute atomic E-state index is 3.93. The standard InChI is InChI=1S/C21H27/c1-3-4-5-6-7-8-9-19-12-16-21(17-13-19)20-14-10-18(2)11-15-20/h10-17H,2-9H2,1H3. The largest absolute Gasteiger partial charge is 0.0654 e. The molecule has 2 aromatic carbocycles. The summed E-state index contributed by atoms with van der Waals surface area (Å²) >= 11 is 0. The van der Waals surface area contributed by atoms with E-state index in [9.17, 15) is 0 Å². The van der Waals surface area contributed by atoms with Crippen molar-refractivity contribution in [1.29, 1.82) is 0 Å². The highest BCUT2D eigenvalue weighted by molar-refractivity contribution is 5.64. The highest BCUT2D eigenvalue weighted by Gasteiger charge is 1.98. The van der Waals surface area contributed by atoms with Gasteiger partial charge < -0.3 is 0 Å². The third kappa shape index (κ3) is 5.38. The van der Waals surface area contributed by atoms with E-state index in [1.54, 1.807) is 0 Å². The van der Waals surface area contributed by atoms with Crippen molar-refractivity contribution in [3.63, 3.8) is 0 Å². The molecule has 1 radical (unpaired) electrons. The molecule has 0 heteroatoms. The van der Waals surface area contributed by atoms with Gasteiger partial charge in [0.2, 0.25) is 0 Å². The average molecular weight is 279 g/mol. The van der Waals surface area contributed by atoms with E-state index < -0.39 is 0 Å². The molecule has 21 heavy (non-hydrogen) atoms. The van der Waals surface area contributed by atoms with Gasteiger partial charge in [-0.2, -0.15) is 0 Å². The van der Waals surface area contributed by atoms with E-state index in [1.807, 2.05) is 0 Å². The van der Waals surface area contributed by atoms with Gasteiger partial charge in [-0.1, -0.05) is 87.6 Å². The Bertz CT molecular complexity index is 505. The van der Waals surface area contributed by atoms with Crippen LogP contribution < -0.4 is 0 Å². The Kier molecular flexibility index (Phi) is 6.53. The molecule has 0 aliphatic carbocycles. The minimum Gasteiger partial charge on any atom is -0.0654 e. The lowest BCUT2D eigenvalue weighted by atomic mass is 10.0. The Morgan fingerprint density at radius 3 is 1.81 bits per heavy atom. The van der Waals surface area contributed by atoms with Crippen LogP contribution in [-0.4, -0.2) is 0 Å². The number of aryl methyl sites for hydroxylation is 1. The molecule has 0 fully saturated rings. The van der Waals surface area contributed by atoms with Crippen LogP contribution in [-0.2, 0) is 6.42 Å². The van der Waals surface area contributed by atoms with Crippen molar-refractivity contribution in [1.82, 2.24) is 0 Å². The molecule has 111 valence electrons. The molecule has 0 spiro atoms. The zero-order valence-corrected chi connectivity index (χ0v) is 13.3. The predicted molar refractivity (Wildman–Crippen MR) is 93.4 cm³/mol. The lowest BCUT2D eigenvalue weighted by Gasteiger charge is -2.05. The summed E-state index contributed by atoms with van der Waals surface area (Å²) in [6.07, 6.45) is 9.41. The van der Waals surface area contributed by atoms with Gasteiger partial charge >= 0.3 is 0 Å². The van der Waals surface area contributed by atoms with Gasteiger partial charge in [0.15, 0.2) is 0 Å². The van der Waals surface area contributed by atoms with Crippen LogP contribution in [0, 0.1) is 6.92 Å². The van der Waals surface area contributed by atoms with Crippen LogP contribution in [0.3, 0.4) is 0 Å². The average Bonchev–Trinajstić information content (AvgIpc) is 2.52. The van der Waals surface area contributed by atoms with Crippen LogP contribution in [0.1, 0.15) is 56.6 Å². The van der Waals surface area contributed by atoms with Crippen molar-refractivity contribution >= 4 is 0 Å². The minimum atomic E-state index is 1.07. The first-order valence-corrected chi connectivity index (χ1v) is 8.31. The first-order valence-electron chi connectivity index (χ1n) is 8.31. The van der Waals surface area contributed by atoms with Gasteiger partial charge in [-0.3, -0.25) is 0 Å². The van der Waals surface area contributed by atoms with Crippen molar-refractivity contribution in [2.75, 3.05) is 0 Å². The summed E-state index contributed by atoms with van der Waals surface area (Å²) in [5, 5.41) is 0. The quantitative estimate of drug-likeness (QED) is 0.488. The summed E-state index contributed by atoms with van der Waals surface area (Å²) in [7, 11) is 0. The predicted octanol–water partition coefficient (Wildman–Crippen LogP) is 6.44. The molecule has 0 aromatic heterocycles. The zero-order valence-electron chi connectivity index (χ0n) is 13.3. The van der Waals surface area contributed by atoms with Crippen molar-refractivity contribution in [2.24, 2.45) is 0 Å². The minimum absolute atomic E-state index is 1.07. The van der Waals surface area contributed by atoms with Crippen LogP contribution in [0.4, 0.5) is 0 Å². The molecule has 0 atom stereocenters. The summed E-state index contributed by atoms with van der Waals surface area (Å²) < 4.78 is 0. The number of hydrogen-bond acceptors (Lipinski definition) is 0. The molecule has 0 aliphatic rings. The van der Waals surface area contributed by atoms with Gasteiger partial charge in [-0.25, -0.2) is 0 Å². The molecular formula is C21H27. The van der Waals surface area contributed by atoms with Crippen molar-refractivity contribution in [3.05, 3.63) is 66.6 Å². The second kappa shape index (κ2) is 8.67. The fourth-order valence-electron chi connectivity index (χ4n) is 2.67. The Morgan fingerprint density at radius 1 is 0.667 bits per heavy atom. The first kappa shape index (κ1) is 15.8. The van der Waals surface area contributed by atoms with Gasteiger partial charge in [0.25, 0.3) is 0 Å². The number of rotatable bonds is 8. The van der Waals surface area contributed by atoms with Crippen molar-refractivity contribution in [2.45, 2.75) is 51.9 Å². The molecule has 0 nitrogen and oxygen atoms in total. The highest BCUT2D eigenvalue weighted by atomic mass is 14.0. The third-order valence-electron chi connectivity index (χ3n) is 4.06. The summed E-state index contributed by atoms with van der Waals surface area (Å²) in [5.41, 5.74) is 5.09. The normalized spacial score (nSPS) is 10.8. The maximum atomic E-state index is 3.93. The van der Waals surface area contributed by atoms with Gasteiger partial charge in [0, 0.05) is 0 Å². The van der Waals surface area contributed by atoms with E-state index >= 15 is 0 Å². The van der Waals surface area contributed by atoms with Crippen LogP contribution in [0.2, 0.25) is 0 Å². The maximum Gasteiger partial charge on any atom is -0.0184 e. The highest BCUT2D eigenvalue weighted by Crippen LogP contribution is 2.21. The van der Waals surface area contributed by atoms with E-state index in [2.05, 4.69) is 62.4 Å². The zero-order chi connectivity index (χ0) is 14.9. The molecule has 0 amide bonds. The number of benzene rings is 2. The lowest BCUT2D eigenvalue weighted by Crippen LogP contribution is -1.87. The summed E-state index contributed by atoms with van der Waals surface area (Å²) in [6, 6.07) is 17.5. The molecule has 2 rings (SSSR count). The molecule has 0 bridgehead atoms. The van der Waals surface area contributed by atoms with Gasteiger partial charge in [0.05, 0.1) is 0 Å². The van der Waals surface area contributed by atoms with Crippen LogP contribution in [0.25, 0.3) is 11.1 Å². The Morgan fingerprint density at radius 2 is 1.19 bits per heavy atom. The van der Waals surface area contributed by atoms with E-state index in [0.29, 0.717) is 0 Å². The molecule has 0 heterocycles. The molecule has 2 aromatic rings. The topological polar surface area (TPSA) is 0 Å². The van der Waals surface area contributed by atoms with Gasteiger partial charge in [-0.15, -0.1) is 0 Å². The Balaban J connectivity index is 1.80. The fraction of sp³-hybridized carbons (Fsp3) is 0.381. The lowest BCUT2D eigenvalue weighted by molar-refractivity contribution is 0.607. The van der Waals surface area contributed by atoms with Gasteiger partial charge in [0.1, 0.15) is 0 Å². The van der Waals surface area contributed by atoms with E-state index in [-0.39, 0.29) is 0 Å². The van der Waals surface area contributed by atoms with Crippen LogP contribution in [0.15, 0.2) is 48.5 Å². The summed E-state index contributed by atoms with van der Waals surface area (Å²) in [5.74, 6) is 0. The van der Waals surface area contributed by atoms with Gasteiger partial charge in [-0.05, 0) is 42.0 Å². The molecule has 0 saturated heterocycles. The summed E-state index contributed by atoms with van der Waals surface area (Å²) in [6.45, 7) is 6.20. The molecule has 0 saturated carbocycles. The molecule has 0 aliphatic heterocycles. The second-order valence-corrected chi connectivity index (χ2v) is 5.91. The Hall–Kier alpha value is -1.56. The van der Waals surface area contributed by atoms with Crippen LogP contribution >= 0.6 is 0 Å². The smallest absolute Gasteiger partial charge is 0.0184 e. The van der Waals surface area contributed by atoms with Crippen LogP contribution in [0.5, 0.6) is 0 Å². The third-order valence-corrected chi connectivity index (χ3v) is 4.06. The monoisotopic (exact) mass is 279 g/mol.